The lowest BCUT2D eigenvalue weighted by Crippen LogP contribution is -2.38. The van der Waals surface area contributed by atoms with E-state index in [0.717, 1.165) is 0 Å². The molecule has 18 heavy (non-hydrogen) atoms. The van der Waals surface area contributed by atoms with Crippen molar-refractivity contribution in [3.63, 3.8) is 0 Å². The van der Waals surface area contributed by atoms with E-state index in [2.05, 4.69) is 10.6 Å². The monoisotopic (exact) mass is 292 g/mol. The molecule has 0 radical (unpaired) electrons. The van der Waals surface area contributed by atoms with Gasteiger partial charge in [0.1, 0.15) is 0 Å². The Kier molecular flexibility index (Phi) is 5.21. The maximum absolute atomic E-state index is 11.4. The Balaban J connectivity index is 2.58. The highest BCUT2D eigenvalue weighted by Gasteiger charge is 2.15. The predicted octanol–water partition coefficient (Wildman–Crippen LogP) is 1.56. The van der Waals surface area contributed by atoms with Gasteiger partial charge in [0.15, 0.2) is 6.10 Å². The van der Waals surface area contributed by atoms with Gasteiger partial charge in [0, 0.05) is 0 Å². The maximum atomic E-state index is 11.4. The van der Waals surface area contributed by atoms with Crippen molar-refractivity contribution in [2.75, 3.05) is 11.9 Å². The lowest BCUT2D eigenvalue weighted by atomic mass is 10.3. The number of aliphatic carboxylic acids is 1. The highest BCUT2D eigenvalue weighted by atomic mass is 35.5. The van der Waals surface area contributed by atoms with Crippen LogP contribution in [0.5, 0.6) is 0 Å². The molecule has 0 heterocycles. The van der Waals surface area contributed by atoms with E-state index >= 15 is 0 Å². The second-order valence-electron chi connectivity index (χ2n) is 3.29. The summed E-state index contributed by atoms with van der Waals surface area (Å²) in [5, 5.41) is 22.4. The Bertz CT molecular complexity index is 447. The molecule has 0 saturated carbocycles. The fourth-order valence-corrected chi connectivity index (χ4v) is 1.54. The highest BCUT2D eigenvalue weighted by Crippen LogP contribution is 2.29. The number of nitrogens with one attached hydrogen (secondary N) is 2. The molecule has 0 aliphatic rings. The number of amides is 2. The molecule has 0 bridgehead atoms. The van der Waals surface area contributed by atoms with Gasteiger partial charge in [-0.25, -0.2) is 9.59 Å². The van der Waals surface area contributed by atoms with E-state index in [1.165, 1.54) is 12.1 Å². The Hall–Kier alpha value is -1.50. The SMILES string of the molecule is O=C(NC[C@H](O)C(=O)O)Nc1c(Cl)cccc1Cl. The quantitative estimate of drug-likeness (QED) is 0.677. The number of aliphatic hydroxyl groups excluding tert-OH is 1. The Morgan fingerprint density at radius 3 is 2.33 bits per heavy atom. The third-order valence-corrected chi connectivity index (χ3v) is 2.57. The number of hydrogen-bond acceptors (Lipinski definition) is 3. The first kappa shape index (κ1) is 14.6. The zero-order valence-corrected chi connectivity index (χ0v) is 10.5. The zero-order chi connectivity index (χ0) is 13.7. The number of carbonyl (C=O) groups is 2. The largest absolute Gasteiger partial charge is 0.479 e. The summed E-state index contributed by atoms with van der Waals surface area (Å²) in [5.74, 6) is -1.42. The number of carbonyl (C=O) groups excluding carboxylic acids is 1. The number of benzene rings is 1. The van der Waals surface area contributed by atoms with Crippen molar-refractivity contribution in [3.8, 4) is 0 Å². The molecule has 8 heteroatoms. The van der Waals surface area contributed by atoms with Crippen molar-refractivity contribution in [1.29, 1.82) is 0 Å². The second kappa shape index (κ2) is 6.44. The summed E-state index contributed by atoms with van der Waals surface area (Å²) in [6, 6.07) is 3.97. The molecular weight excluding hydrogens is 283 g/mol. The first-order valence-electron chi connectivity index (χ1n) is 4.81. The van der Waals surface area contributed by atoms with E-state index in [1.54, 1.807) is 6.07 Å². The average molecular weight is 293 g/mol. The minimum absolute atomic E-state index is 0.211. The number of carboxylic acids is 1. The number of anilines is 1. The number of hydrogen-bond donors (Lipinski definition) is 4. The van der Waals surface area contributed by atoms with E-state index in [1.807, 2.05) is 0 Å². The zero-order valence-electron chi connectivity index (χ0n) is 8.98. The predicted molar refractivity (Wildman–Crippen MR) is 67.1 cm³/mol. The van der Waals surface area contributed by atoms with Gasteiger partial charge in [0.25, 0.3) is 0 Å². The van der Waals surface area contributed by atoms with Crippen molar-refractivity contribution >= 4 is 40.9 Å². The molecule has 2 amide bonds. The molecular formula is C10H10Cl2N2O4. The Morgan fingerprint density at radius 2 is 1.83 bits per heavy atom. The Morgan fingerprint density at radius 1 is 1.28 bits per heavy atom. The summed E-state index contributed by atoms with van der Waals surface area (Å²) in [6.45, 7) is -0.427. The molecule has 0 unspecified atom stereocenters. The molecule has 0 fully saturated rings. The van der Waals surface area contributed by atoms with Crippen LogP contribution in [0.3, 0.4) is 0 Å². The third-order valence-electron chi connectivity index (χ3n) is 1.94. The van der Waals surface area contributed by atoms with Gasteiger partial charge in [-0.15, -0.1) is 0 Å². The molecule has 4 N–H and O–H groups in total. The van der Waals surface area contributed by atoms with Crippen LogP contribution in [-0.2, 0) is 4.79 Å². The molecule has 1 atom stereocenters. The smallest absolute Gasteiger partial charge is 0.334 e. The number of carboxylic acid groups (broad SMARTS) is 1. The molecule has 6 nitrogen and oxygen atoms in total. The lowest BCUT2D eigenvalue weighted by Gasteiger charge is -2.11. The second-order valence-corrected chi connectivity index (χ2v) is 4.10. The van der Waals surface area contributed by atoms with Crippen LogP contribution in [0.4, 0.5) is 10.5 Å². The minimum atomic E-state index is -1.67. The van der Waals surface area contributed by atoms with Crippen LogP contribution in [-0.4, -0.2) is 34.9 Å². The van der Waals surface area contributed by atoms with Crippen molar-refractivity contribution < 1.29 is 19.8 Å². The van der Waals surface area contributed by atoms with Crippen molar-refractivity contribution in [2.45, 2.75) is 6.10 Å². The topological polar surface area (TPSA) is 98.7 Å². The summed E-state index contributed by atoms with van der Waals surface area (Å²) >= 11 is 11.6. The molecule has 0 saturated heterocycles. The van der Waals surface area contributed by atoms with E-state index in [4.69, 9.17) is 33.4 Å². The molecule has 1 aromatic rings. The fourth-order valence-electron chi connectivity index (χ4n) is 1.05. The van der Waals surface area contributed by atoms with Crippen molar-refractivity contribution in [3.05, 3.63) is 28.2 Å². The molecule has 1 rings (SSSR count). The number of aliphatic hydroxyl groups is 1. The molecule has 0 aliphatic carbocycles. The number of rotatable bonds is 4. The van der Waals surface area contributed by atoms with Gasteiger partial charge in [-0.05, 0) is 12.1 Å². The number of halogens is 2. The minimum Gasteiger partial charge on any atom is -0.479 e. The van der Waals surface area contributed by atoms with Crippen molar-refractivity contribution in [1.82, 2.24) is 5.32 Å². The number of urea groups is 1. The molecule has 0 spiro atoms. The summed E-state index contributed by atoms with van der Waals surface area (Å²) in [5.41, 5.74) is 0.211. The van der Waals surface area contributed by atoms with E-state index < -0.39 is 24.6 Å². The van der Waals surface area contributed by atoms with Crippen LogP contribution in [0, 0.1) is 0 Å². The van der Waals surface area contributed by atoms with Gasteiger partial charge < -0.3 is 20.8 Å². The lowest BCUT2D eigenvalue weighted by molar-refractivity contribution is -0.146. The average Bonchev–Trinajstić information content (AvgIpc) is 2.30. The fraction of sp³-hybridized carbons (Fsp3) is 0.200. The van der Waals surface area contributed by atoms with Gasteiger partial charge in [-0.2, -0.15) is 0 Å². The van der Waals surface area contributed by atoms with Crippen LogP contribution in [0.1, 0.15) is 0 Å². The molecule has 1 aromatic carbocycles. The molecule has 0 aliphatic heterocycles. The first-order chi connectivity index (χ1) is 8.41. The van der Waals surface area contributed by atoms with Gasteiger partial charge in [0.2, 0.25) is 0 Å². The third kappa shape index (κ3) is 4.06. The van der Waals surface area contributed by atoms with Crippen LogP contribution < -0.4 is 10.6 Å². The number of para-hydroxylation sites is 1. The summed E-state index contributed by atoms with van der Waals surface area (Å²) < 4.78 is 0. The van der Waals surface area contributed by atoms with Crippen LogP contribution >= 0.6 is 23.2 Å². The van der Waals surface area contributed by atoms with E-state index in [-0.39, 0.29) is 15.7 Å². The van der Waals surface area contributed by atoms with Crippen LogP contribution in [0.25, 0.3) is 0 Å². The van der Waals surface area contributed by atoms with Gasteiger partial charge in [0.05, 0.1) is 22.3 Å². The van der Waals surface area contributed by atoms with Crippen LogP contribution in [0.15, 0.2) is 18.2 Å². The van der Waals surface area contributed by atoms with Gasteiger partial charge >= 0.3 is 12.0 Å². The normalized spacial score (nSPS) is 11.7. The first-order valence-corrected chi connectivity index (χ1v) is 5.57. The highest BCUT2D eigenvalue weighted by molar-refractivity contribution is 6.39. The standard InChI is InChI=1S/C10H10Cl2N2O4/c11-5-2-1-3-6(12)8(5)14-10(18)13-4-7(15)9(16)17/h1-3,7,15H,4H2,(H,16,17)(H2,13,14,18)/t7-/m0/s1. The maximum Gasteiger partial charge on any atom is 0.334 e. The van der Waals surface area contributed by atoms with E-state index in [0.29, 0.717) is 0 Å². The van der Waals surface area contributed by atoms with Crippen LogP contribution in [0.2, 0.25) is 10.0 Å². The van der Waals surface area contributed by atoms with Gasteiger partial charge in [-0.1, -0.05) is 29.3 Å². The molecule has 0 aromatic heterocycles. The van der Waals surface area contributed by atoms with Crippen molar-refractivity contribution in [2.24, 2.45) is 0 Å². The Labute approximate surface area is 113 Å². The van der Waals surface area contributed by atoms with Gasteiger partial charge in [-0.3, -0.25) is 0 Å². The molecule has 98 valence electrons. The summed E-state index contributed by atoms with van der Waals surface area (Å²) in [4.78, 5) is 21.7. The summed E-state index contributed by atoms with van der Waals surface area (Å²) in [7, 11) is 0. The summed E-state index contributed by atoms with van der Waals surface area (Å²) in [6.07, 6.45) is -1.67. The van der Waals surface area contributed by atoms with E-state index in [9.17, 15) is 9.59 Å².